The maximum atomic E-state index is 13.3. The molecule has 2 aliphatic rings. The van der Waals surface area contributed by atoms with E-state index < -0.39 is 6.29 Å². The van der Waals surface area contributed by atoms with Crippen LogP contribution in [0, 0.1) is 0 Å². The van der Waals surface area contributed by atoms with Gasteiger partial charge in [0.15, 0.2) is 16.3 Å². The molecule has 2 aliphatic heterocycles. The summed E-state index contributed by atoms with van der Waals surface area (Å²) in [6.45, 7) is 5.61. The number of rotatable bonds is 4. The van der Waals surface area contributed by atoms with Crippen LogP contribution >= 0.6 is 11.3 Å². The van der Waals surface area contributed by atoms with Gasteiger partial charge in [-0.2, -0.15) is 4.99 Å². The van der Waals surface area contributed by atoms with Crippen molar-refractivity contribution in [1.82, 2.24) is 9.47 Å². The van der Waals surface area contributed by atoms with Gasteiger partial charge in [-0.25, -0.2) is 4.79 Å². The van der Waals surface area contributed by atoms with Crippen molar-refractivity contribution in [1.29, 1.82) is 0 Å². The third kappa shape index (κ3) is 4.43. The van der Waals surface area contributed by atoms with E-state index in [1.807, 2.05) is 13.8 Å². The Kier molecular flexibility index (Phi) is 5.30. The summed E-state index contributed by atoms with van der Waals surface area (Å²) in [6.07, 6.45) is 0.0873. The van der Waals surface area contributed by atoms with Crippen molar-refractivity contribution in [3.8, 4) is 17.2 Å². The Balaban J connectivity index is 1.70. The summed E-state index contributed by atoms with van der Waals surface area (Å²) in [5, 5.41) is 0. The second-order valence-electron chi connectivity index (χ2n) is 7.10. The van der Waals surface area contributed by atoms with Crippen molar-refractivity contribution in [3.63, 3.8) is 0 Å². The average Bonchev–Trinajstić information content (AvgIpc) is 3.36. The quantitative estimate of drug-likeness (QED) is 0.745. The van der Waals surface area contributed by atoms with Crippen LogP contribution in [0.2, 0.25) is 0 Å². The fourth-order valence-electron chi connectivity index (χ4n) is 3.12. The Labute approximate surface area is 170 Å². The van der Waals surface area contributed by atoms with E-state index >= 15 is 0 Å². The van der Waals surface area contributed by atoms with Crippen molar-refractivity contribution in [2.45, 2.75) is 45.7 Å². The number of thiazole rings is 1. The summed E-state index contributed by atoms with van der Waals surface area (Å²) >= 11 is 1.32. The first-order chi connectivity index (χ1) is 13.8. The van der Waals surface area contributed by atoms with Gasteiger partial charge in [0.1, 0.15) is 0 Å². The lowest BCUT2D eigenvalue weighted by molar-refractivity contribution is -0.286. The number of fused-ring (bicyclic) bond motifs is 1. The SMILES string of the molecule is CC(C)OCc1cn(-c2ccc3c(c2)OC(F)(F)O3)c(=NC(=O)N2CCCC2)s1. The predicted molar refractivity (Wildman–Crippen MR) is 102 cm³/mol. The number of hydrogen-bond donors (Lipinski definition) is 0. The van der Waals surface area contributed by atoms with Crippen LogP contribution in [-0.4, -0.2) is 41.0 Å². The fourth-order valence-corrected chi connectivity index (χ4v) is 4.02. The lowest BCUT2D eigenvalue weighted by Gasteiger charge is -2.10. The van der Waals surface area contributed by atoms with E-state index in [0.717, 1.165) is 17.7 Å². The Bertz CT molecular complexity index is 980. The van der Waals surface area contributed by atoms with E-state index in [1.165, 1.54) is 23.5 Å². The average molecular weight is 425 g/mol. The Morgan fingerprint density at radius 1 is 1.28 bits per heavy atom. The number of carbonyl (C=O) groups excluding carboxylic acids is 1. The molecule has 7 nitrogen and oxygen atoms in total. The van der Waals surface area contributed by atoms with Crippen LogP contribution in [0.4, 0.5) is 13.6 Å². The molecule has 0 unspecified atom stereocenters. The van der Waals surface area contributed by atoms with Gasteiger partial charge < -0.3 is 19.1 Å². The first-order valence-corrected chi connectivity index (χ1v) is 10.2. The first kappa shape index (κ1) is 19.8. The number of amides is 2. The third-order valence-electron chi connectivity index (χ3n) is 4.49. The zero-order valence-electron chi connectivity index (χ0n) is 16.1. The van der Waals surface area contributed by atoms with E-state index in [-0.39, 0.29) is 23.6 Å². The monoisotopic (exact) mass is 425 g/mol. The molecule has 1 aromatic carbocycles. The molecule has 0 aliphatic carbocycles. The van der Waals surface area contributed by atoms with Gasteiger partial charge >= 0.3 is 12.3 Å². The molecule has 2 aromatic rings. The number of carbonyl (C=O) groups is 1. The molecular weight excluding hydrogens is 404 g/mol. The minimum atomic E-state index is -3.69. The maximum Gasteiger partial charge on any atom is 0.586 e. The molecular formula is C19H21F2N3O4S. The highest BCUT2D eigenvalue weighted by Gasteiger charge is 2.43. The van der Waals surface area contributed by atoms with Crippen molar-refractivity contribution in [3.05, 3.63) is 34.1 Å². The summed E-state index contributed by atoms with van der Waals surface area (Å²) in [5.74, 6) is -0.104. The number of likely N-dealkylation sites (tertiary alicyclic amines) is 1. The fraction of sp³-hybridized carbons (Fsp3) is 0.474. The topological polar surface area (TPSA) is 65.3 Å². The van der Waals surface area contributed by atoms with E-state index in [2.05, 4.69) is 14.5 Å². The third-order valence-corrected chi connectivity index (χ3v) is 5.45. The van der Waals surface area contributed by atoms with Crippen LogP contribution < -0.4 is 14.3 Å². The Morgan fingerprint density at radius 2 is 2.00 bits per heavy atom. The van der Waals surface area contributed by atoms with Gasteiger partial charge in [-0.1, -0.05) is 11.3 Å². The van der Waals surface area contributed by atoms with Crippen molar-refractivity contribution < 1.29 is 27.8 Å². The summed E-state index contributed by atoms with van der Waals surface area (Å²) in [5.41, 5.74) is 0.532. The number of nitrogens with zero attached hydrogens (tertiary/aromatic N) is 3. The molecule has 2 amide bonds. The largest absolute Gasteiger partial charge is 0.586 e. The lowest BCUT2D eigenvalue weighted by Crippen LogP contribution is -2.27. The Hall–Kier alpha value is -2.46. The lowest BCUT2D eigenvalue weighted by atomic mass is 10.3. The highest BCUT2D eigenvalue weighted by atomic mass is 32.1. The van der Waals surface area contributed by atoms with E-state index in [1.54, 1.807) is 21.7 Å². The number of halogens is 2. The predicted octanol–water partition coefficient (Wildman–Crippen LogP) is 3.90. The summed E-state index contributed by atoms with van der Waals surface area (Å²) in [7, 11) is 0. The zero-order chi connectivity index (χ0) is 20.6. The van der Waals surface area contributed by atoms with Crippen LogP contribution in [0.3, 0.4) is 0 Å². The molecule has 0 bridgehead atoms. The normalized spacial score (nSPS) is 18.1. The van der Waals surface area contributed by atoms with Crippen LogP contribution in [0.1, 0.15) is 31.6 Å². The molecule has 156 valence electrons. The van der Waals surface area contributed by atoms with Crippen molar-refractivity contribution in [2.75, 3.05) is 13.1 Å². The molecule has 1 fully saturated rings. The molecule has 4 rings (SSSR count). The van der Waals surface area contributed by atoms with E-state index in [0.29, 0.717) is 30.2 Å². The minimum absolute atomic E-state index is 0.0374. The number of benzene rings is 1. The summed E-state index contributed by atoms with van der Waals surface area (Å²) in [6, 6.07) is 4.16. The van der Waals surface area contributed by atoms with Gasteiger partial charge in [0.2, 0.25) is 0 Å². The molecule has 0 radical (unpaired) electrons. The minimum Gasteiger partial charge on any atom is -0.395 e. The first-order valence-electron chi connectivity index (χ1n) is 9.37. The second kappa shape index (κ2) is 7.75. The maximum absolute atomic E-state index is 13.3. The van der Waals surface area contributed by atoms with Crippen molar-refractivity contribution in [2.24, 2.45) is 4.99 Å². The number of hydrogen-bond acceptors (Lipinski definition) is 5. The standard InChI is InChI=1S/C19H21F2N3O4S/c1-12(2)26-11-14-10-24(18(29-14)22-17(25)23-7-3-4-8-23)13-5-6-15-16(9-13)28-19(20,21)27-15/h5-6,9-10,12H,3-4,7-8,11H2,1-2H3. The summed E-state index contributed by atoms with van der Waals surface area (Å²) < 4.78 is 43.0. The van der Waals surface area contributed by atoms with Crippen LogP contribution in [0.5, 0.6) is 11.5 Å². The molecule has 1 aromatic heterocycles. The molecule has 29 heavy (non-hydrogen) atoms. The highest BCUT2D eigenvalue weighted by molar-refractivity contribution is 7.09. The van der Waals surface area contributed by atoms with Gasteiger partial charge in [0.05, 0.1) is 23.3 Å². The molecule has 1 saturated heterocycles. The van der Waals surface area contributed by atoms with Gasteiger partial charge in [-0.05, 0) is 38.8 Å². The highest BCUT2D eigenvalue weighted by Crippen LogP contribution is 2.41. The molecule has 10 heteroatoms. The molecule has 3 heterocycles. The number of aromatic nitrogens is 1. The second-order valence-corrected chi connectivity index (χ2v) is 8.19. The number of ether oxygens (including phenoxy) is 3. The molecule has 0 N–H and O–H groups in total. The van der Waals surface area contributed by atoms with Crippen molar-refractivity contribution >= 4 is 17.4 Å². The van der Waals surface area contributed by atoms with E-state index in [9.17, 15) is 13.6 Å². The zero-order valence-corrected chi connectivity index (χ0v) is 16.9. The van der Waals surface area contributed by atoms with Crippen LogP contribution in [-0.2, 0) is 11.3 Å². The number of alkyl halides is 2. The van der Waals surface area contributed by atoms with Crippen LogP contribution in [0.15, 0.2) is 29.4 Å². The van der Waals surface area contributed by atoms with Gasteiger partial charge in [-0.15, -0.1) is 8.78 Å². The Morgan fingerprint density at radius 3 is 2.72 bits per heavy atom. The summed E-state index contributed by atoms with van der Waals surface area (Å²) in [4.78, 5) is 19.8. The van der Waals surface area contributed by atoms with E-state index in [4.69, 9.17) is 4.74 Å². The van der Waals surface area contributed by atoms with Gasteiger partial charge in [0, 0.05) is 25.4 Å². The van der Waals surface area contributed by atoms with Crippen LogP contribution in [0.25, 0.3) is 5.69 Å². The molecule has 0 atom stereocenters. The molecule has 0 saturated carbocycles. The molecule has 0 spiro atoms. The van der Waals surface area contributed by atoms with Gasteiger partial charge in [-0.3, -0.25) is 4.57 Å². The smallest absolute Gasteiger partial charge is 0.395 e. The van der Waals surface area contributed by atoms with Gasteiger partial charge in [0.25, 0.3) is 0 Å². The number of urea groups is 1.